The van der Waals surface area contributed by atoms with E-state index in [1.807, 2.05) is 0 Å². The molecule has 6 nitrogen and oxygen atoms in total. The summed E-state index contributed by atoms with van der Waals surface area (Å²) in [5, 5.41) is 8.32. The number of rotatable bonds is 4. The molecule has 0 aliphatic carbocycles. The van der Waals surface area contributed by atoms with Crippen LogP contribution in [0, 0.1) is 23.0 Å². The summed E-state index contributed by atoms with van der Waals surface area (Å²) in [5.41, 5.74) is 4.46. The fourth-order valence-electron chi connectivity index (χ4n) is 4.50. The van der Waals surface area contributed by atoms with Gasteiger partial charge in [-0.25, -0.2) is 8.78 Å². The van der Waals surface area contributed by atoms with Crippen molar-refractivity contribution in [3.8, 4) is 0 Å². The van der Waals surface area contributed by atoms with E-state index in [-0.39, 0.29) is 67.7 Å². The van der Waals surface area contributed by atoms with Crippen LogP contribution in [0.3, 0.4) is 0 Å². The average molecular weight is 486 g/mol. The van der Waals surface area contributed by atoms with Gasteiger partial charge in [-0.3, -0.25) is 15.0 Å². The van der Waals surface area contributed by atoms with Gasteiger partial charge < -0.3 is 15.5 Å². The number of alkyl halides is 3. The molecule has 2 aliphatic rings. The third kappa shape index (κ3) is 5.07. The van der Waals surface area contributed by atoms with Crippen LogP contribution in [0.4, 0.5) is 22.0 Å². The molecule has 1 aromatic rings. The van der Waals surface area contributed by atoms with Crippen molar-refractivity contribution in [3.63, 3.8) is 0 Å². The smallest absolute Gasteiger partial charge is 0.400 e. The lowest BCUT2D eigenvalue weighted by Crippen LogP contribution is -2.45. The molecule has 0 radical (unpaired) electrons. The number of halogens is 5. The number of carbonyl (C=O) groups is 2. The highest BCUT2D eigenvalue weighted by atomic mass is 19.4. The van der Waals surface area contributed by atoms with E-state index in [0.29, 0.717) is 18.2 Å². The summed E-state index contributed by atoms with van der Waals surface area (Å²) in [5.74, 6) is -5.07. The van der Waals surface area contributed by atoms with Crippen LogP contribution in [0.2, 0.25) is 0 Å². The van der Waals surface area contributed by atoms with E-state index in [1.165, 1.54) is 4.90 Å². The highest BCUT2D eigenvalue weighted by Gasteiger charge is 2.41. The van der Waals surface area contributed by atoms with Crippen LogP contribution in [0.5, 0.6) is 0 Å². The van der Waals surface area contributed by atoms with Crippen molar-refractivity contribution in [1.82, 2.24) is 9.80 Å². The number of hydrogen-bond acceptors (Lipinski definition) is 4. The van der Waals surface area contributed by atoms with E-state index >= 15 is 0 Å². The molecule has 0 spiro atoms. The SMILES string of the molecule is CC(C)C(=O)N1CCC(C(=N)C(=O)N2CCC(c3ccc(F)c(F)c3C(F)(F)F)CC2)=C(N)C1. The quantitative estimate of drug-likeness (QED) is 0.501. The normalized spacial score (nSPS) is 18.0. The number of hydrogen-bond donors (Lipinski definition) is 2. The molecule has 0 unspecified atom stereocenters. The minimum Gasteiger partial charge on any atom is -0.400 e. The van der Waals surface area contributed by atoms with Gasteiger partial charge in [-0.1, -0.05) is 19.9 Å². The fraction of sp³-hybridized carbons (Fsp3) is 0.522. The molecule has 0 bridgehead atoms. The molecule has 34 heavy (non-hydrogen) atoms. The molecule has 0 atom stereocenters. The maximum atomic E-state index is 14.0. The molecule has 11 heteroatoms. The standard InChI is InChI=1S/C23H27F5N4O2/c1-12(2)21(33)32-10-7-15(17(29)11-32)20(30)22(34)31-8-5-13(6-9-31)14-3-4-16(24)19(25)18(14)23(26,27)28/h3-4,12-13,30H,5-11,29H2,1-2H3. The fourth-order valence-corrected chi connectivity index (χ4v) is 4.50. The summed E-state index contributed by atoms with van der Waals surface area (Å²) in [6, 6.07) is 1.63. The Bertz CT molecular complexity index is 1030. The first kappa shape index (κ1) is 25.6. The van der Waals surface area contributed by atoms with Gasteiger partial charge in [0.05, 0.1) is 12.1 Å². The Balaban J connectivity index is 1.69. The molecule has 0 aromatic heterocycles. The van der Waals surface area contributed by atoms with Crippen LogP contribution in [-0.4, -0.2) is 53.5 Å². The van der Waals surface area contributed by atoms with Gasteiger partial charge in [0.1, 0.15) is 5.71 Å². The van der Waals surface area contributed by atoms with Crippen LogP contribution in [0.1, 0.15) is 50.2 Å². The van der Waals surface area contributed by atoms with Crippen molar-refractivity contribution in [3.05, 3.63) is 46.2 Å². The number of nitrogens with one attached hydrogen (secondary N) is 1. The maximum Gasteiger partial charge on any atom is 0.419 e. The predicted molar refractivity (Wildman–Crippen MR) is 115 cm³/mol. The summed E-state index contributed by atoms with van der Waals surface area (Å²) >= 11 is 0. The Morgan fingerprint density at radius 1 is 1.09 bits per heavy atom. The number of amides is 2. The van der Waals surface area contributed by atoms with Crippen LogP contribution in [-0.2, 0) is 15.8 Å². The average Bonchev–Trinajstić information content (AvgIpc) is 2.78. The highest BCUT2D eigenvalue weighted by Crippen LogP contribution is 2.41. The van der Waals surface area contributed by atoms with E-state index in [0.717, 1.165) is 6.07 Å². The van der Waals surface area contributed by atoms with E-state index in [9.17, 15) is 31.5 Å². The van der Waals surface area contributed by atoms with Crippen molar-refractivity contribution >= 4 is 17.5 Å². The molecular formula is C23H27F5N4O2. The minimum absolute atomic E-state index is 0.0628. The van der Waals surface area contributed by atoms with Crippen molar-refractivity contribution in [1.29, 1.82) is 5.41 Å². The Kier molecular flexibility index (Phi) is 7.32. The molecule has 3 N–H and O–H groups in total. The van der Waals surface area contributed by atoms with Gasteiger partial charge in [0.25, 0.3) is 5.91 Å². The van der Waals surface area contributed by atoms with Crippen LogP contribution in [0.25, 0.3) is 0 Å². The highest BCUT2D eigenvalue weighted by molar-refractivity contribution is 6.44. The first-order chi connectivity index (χ1) is 15.8. The molecule has 3 rings (SSSR count). The zero-order valence-electron chi connectivity index (χ0n) is 18.9. The number of nitrogens with zero attached hydrogens (tertiary/aromatic N) is 2. The van der Waals surface area contributed by atoms with Gasteiger partial charge in [-0.15, -0.1) is 0 Å². The van der Waals surface area contributed by atoms with Gasteiger partial charge in [-0.2, -0.15) is 13.2 Å². The van der Waals surface area contributed by atoms with Gasteiger partial charge in [0, 0.05) is 36.8 Å². The number of likely N-dealkylation sites (tertiary alicyclic amines) is 1. The van der Waals surface area contributed by atoms with Gasteiger partial charge in [0.2, 0.25) is 5.91 Å². The molecule has 1 aromatic carbocycles. The van der Waals surface area contributed by atoms with Gasteiger partial charge >= 0.3 is 6.18 Å². The van der Waals surface area contributed by atoms with Crippen LogP contribution < -0.4 is 5.73 Å². The summed E-state index contributed by atoms with van der Waals surface area (Å²) in [4.78, 5) is 28.0. The van der Waals surface area contributed by atoms with E-state index in [2.05, 4.69) is 0 Å². The second kappa shape index (κ2) is 9.71. The Morgan fingerprint density at radius 3 is 2.24 bits per heavy atom. The van der Waals surface area contributed by atoms with E-state index in [1.54, 1.807) is 18.7 Å². The molecule has 186 valence electrons. The molecule has 1 saturated heterocycles. The largest absolute Gasteiger partial charge is 0.419 e. The Hall–Kier alpha value is -2.98. The number of piperidine rings is 1. The molecule has 0 saturated carbocycles. The number of benzene rings is 1. The Morgan fingerprint density at radius 2 is 1.71 bits per heavy atom. The lowest BCUT2D eigenvalue weighted by molar-refractivity contribution is -0.141. The van der Waals surface area contributed by atoms with Crippen LogP contribution in [0.15, 0.2) is 23.4 Å². The third-order valence-corrected chi connectivity index (χ3v) is 6.33. The minimum atomic E-state index is -5.05. The number of nitrogens with two attached hydrogens (primary N) is 1. The van der Waals surface area contributed by atoms with Crippen molar-refractivity contribution in [2.24, 2.45) is 11.7 Å². The van der Waals surface area contributed by atoms with Crippen molar-refractivity contribution in [2.75, 3.05) is 26.2 Å². The van der Waals surface area contributed by atoms with Crippen molar-refractivity contribution < 1.29 is 31.5 Å². The van der Waals surface area contributed by atoms with Crippen LogP contribution >= 0.6 is 0 Å². The predicted octanol–water partition coefficient (Wildman–Crippen LogP) is 3.81. The van der Waals surface area contributed by atoms with Crippen molar-refractivity contribution in [2.45, 2.75) is 45.2 Å². The topological polar surface area (TPSA) is 90.5 Å². The first-order valence-electron chi connectivity index (χ1n) is 11.0. The molecule has 2 aliphatic heterocycles. The summed E-state index contributed by atoms with van der Waals surface area (Å²) < 4.78 is 67.5. The molecule has 2 heterocycles. The second-order valence-electron chi connectivity index (χ2n) is 8.93. The molecule has 1 fully saturated rings. The summed E-state index contributed by atoms with van der Waals surface area (Å²) in [6.45, 7) is 4.12. The first-order valence-corrected chi connectivity index (χ1v) is 11.0. The third-order valence-electron chi connectivity index (χ3n) is 6.33. The van der Waals surface area contributed by atoms with E-state index < -0.39 is 35.2 Å². The molecular weight excluding hydrogens is 459 g/mol. The van der Waals surface area contributed by atoms with Gasteiger partial charge in [0.15, 0.2) is 11.6 Å². The zero-order chi connectivity index (χ0) is 25.4. The maximum absolute atomic E-state index is 14.0. The lowest BCUT2D eigenvalue weighted by atomic mass is 9.85. The summed E-state index contributed by atoms with van der Waals surface area (Å²) in [7, 11) is 0. The zero-order valence-corrected chi connectivity index (χ0v) is 18.9. The second-order valence-corrected chi connectivity index (χ2v) is 8.93. The Labute approximate surface area is 194 Å². The van der Waals surface area contributed by atoms with E-state index in [4.69, 9.17) is 11.1 Å². The number of carbonyl (C=O) groups excluding carboxylic acids is 2. The lowest BCUT2D eigenvalue weighted by Gasteiger charge is -2.35. The monoisotopic (exact) mass is 486 g/mol. The summed E-state index contributed by atoms with van der Waals surface area (Å²) in [6.07, 6.45) is -4.57. The molecule has 2 amide bonds. The van der Waals surface area contributed by atoms with Gasteiger partial charge in [-0.05, 0) is 36.8 Å².